The van der Waals surface area contributed by atoms with Crippen molar-refractivity contribution in [3.63, 3.8) is 0 Å². The van der Waals surface area contributed by atoms with Crippen LogP contribution in [-0.2, 0) is 9.53 Å². The number of hydrogen-bond acceptors (Lipinski definition) is 7. The summed E-state index contributed by atoms with van der Waals surface area (Å²) in [4.78, 5) is 41.1. The number of pyridine rings is 1. The van der Waals surface area contributed by atoms with Gasteiger partial charge in [-0.2, -0.15) is 0 Å². The fourth-order valence-corrected chi connectivity index (χ4v) is 3.95. The van der Waals surface area contributed by atoms with Gasteiger partial charge >= 0.3 is 11.7 Å². The highest BCUT2D eigenvalue weighted by Crippen LogP contribution is 2.33. The summed E-state index contributed by atoms with van der Waals surface area (Å²) >= 11 is 0. The van der Waals surface area contributed by atoms with Gasteiger partial charge in [-0.1, -0.05) is 48.5 Å². The van der Waals surface area contributed by atoms with Gasteiger partial charge in [0.1, 0.15) is 0 Å². The number of hydrogen-bond donors (Lipinski definition) is 1. The Labute approximate surface area is 206 Å². The Morgan fingerprint density at radius 2 is 1.72 bits per heavy atom. The van der Waals surface area contributed by atoms with E-state index in [1.807, 2.05) is 42.5 Å². The van der Waals surface area contributed by atoms with Crippen LogP contribution in [0.25, 0.3) is 22.2 Å². The average molecular weight is 485 g/mol. The minimum atomic E-state index is -0.656. The molecular weight excluding hydrogens is 462 g/mol. The Bertz CT molecular complexity index is 1480. The lowest BCUT2D eigenvalue weighted by Crippen LogP contribution is -2.22. The van der Waals surface area contributed by atoms with Crippen LogP contribution in [0.1, 0.15) is 21.5 Å². The molecule has 0 spiro atoms. The predicted octanol–water partition coefficient (Wildman–Crippen LogP) is 5.23. The number of aryl methyl sites for hydroxylation is 1. The highest BCUT2D eigenvalue weighted by Gasteiger charge is 2.22. The third kappa shape index (κ3) is 4.85. The number of esters is 1. The van der Waals surface area contributed by atoms with Gasteiger partial charge in [-0.3, -0.25) is 14.9 Å². The van der Waals surface area contributed by atoms with Crippen LogP contribution in [0.4, 0.5) is 11.4 Å². The maximum atomic E-state index is 13.2. The van der Waals surface area contributed by atoms with E-state index in [1.54, 1.807) is 26.0 Å². The average Bonchev–Trinajstić information content (AvgIpc) is 2.88. The van der Waals surface area contributed by atoms with E-state index in [1.165, 1.54) is 19.2 Å². The highest BCUT2D eigenvalue weighted by atomic mass is 16.6. The van der Waals surface area contributed by atoms with Crippen molar-refractivity contribution >= 4 is 34.2 Å². The number of carbonyl (C=O) groups is 2. The molecule has 1 heterocycles. The number of benzene rings is 3. The van der Waals surface area contributed by atoms with E-state index in [4.69, 9.17) is 14.5 Å². The summed E-state index contributed by atoms with van der Waals surface area (Å²) in [7, 11) is 1.30. The second-order valence-corrected chi connectivity index (χ2v) is 8.06. The van der Waals surface area contributed by atoms with Gasteiger partial charge in [-0.15, -0.1) is 0 Å². The molecule has 0 aliphatic heterocycles. The van der Waals surface area contributed by atoms with Crippen molar-refractivity contribution in [3.05, 3.63) is 93.5 Å². The molecule has 0 saturated carbocycles. The molecule has 1 aromatic heterocycles. The molecule has 4 aromatic rings. The van der Waals surface area contributed by atoms with Gasteiger partial charge in [0.25, 0.3) is 5.91 Å². The second kappa shape index (κ2) is 10.2. The van der Waals surface area contributed by atoms with E-state index in [-0.39, 0.29) is 11.4 Å². The minimum absolute atomic E-state index is 0.00483. The van der Waals surface area contributed by atoms with E-state index in [0.717, 1.165) is 5.56 Å². The first-order valence-corrected chi connectivity index (χ1v) is 11.0. The molecule has 9 heteroatoms. The fraction of sp³-hybridized carbons (Fsp3) is 0.148. The lowest BCUT2D eigenvalue weighted by Gasteiger charge is -2.15. The molecule has 0 saturated heterocycles. The van der Waals surface area contributed by atoms with Crippen LogP contribution >= 0.6 is 0 Å². The van der Waals surface area contributed by atoms with Crippen LogP contribution in [0.5, 0.6) is 5.75 Å². The van der Waals surface area contributed by atoms with E-state index < -0.39 is 23.4 Å². The number of nitrogens with zero attached hydrogens (tertiary/aromatic N) is 2. The van der Waals surface area contributed by atoms with Crippen molar-refractivity contribution in [2.75, 3.05) is 19.0 Å². The first kappa shape index (κ1) is 24.3. The van der Waals surface area contributed by atoms with Crippen LogP contribution in [0.2, 0.25) is 0 Å². The predicted molar refractivity (Wildman–Crippen MR) is 135 cm³/mol. The second-order valence-electron chi connectivity index (χ2n) is 8.06. The van der Waals surface area contributed by atoms with Crippen LogP contribution < -0.4 is 10.1 Å². The van der Waals surface area contributed by atoms with Gasteiger partial charge in [-0.25, -0.2) is 9.78 Å². The number of nitro benzene ring substituents is 1. The molecule has 4 rings (SSSR count). The van der Waals surface area contributed by atoms with Gasteiger partial charge in [0.05, 0.1) is 28.8 Å². The first-order valence-electron chi connectivity index (χ1n) is 11.0. The summed E-state index contributed by atoms with van der Waals surface area (Å²) in [6.07, 6.45) is 0. The van der Waals surface area contributed by atoms with Crippen molar-refractivity contribution in [1.82, 2.24) is 4.98 Å². The summed E-state index contributed by atoms with van der Waals surface area (Å²) < 4.78 is 10.4. The summed E-state index contributed by atoms with van der Waals surface area (Å²) in [6, 6.07) is 19.4. The number of nitrogens with one attached hydrogen (secondary N) is 1. The van der Waals surface area contributed by atoms with Crippen molar-refractivity contribution in [1.29, 1.82) is 0 Å². The van der Waals surface area contributed by atoms with E-state index >= 15 is 0 Å². The molecule has 0 aliphatic rings. The molecule has 3 aromatic carbocycles. The lowest BCUT2D eigenvalue weighted by molar-refractivity contribution is -0.385. The van der Waals surface area contributed by atoms with Crippen molar-refractivity contribution in [3.8, 4) is 17.0 Å². The molecule has 1 N–H and O–H groups in total. The molecule has 0 unspecified atom stereocenters. The zero-order chi connectivity index (χ0) is 25.8. The number of carbonyl (C=O) groups excluding carboxylic acids is 2. The topological polar surface area (TPSA) is 121 Å². The van der Waals surface area contributed by atoms with Gasteiger partial charge in [0, 0.05) is 28.8 Å². The molecule has 0 fully saturated rings. The monoisotopic (exact) mass is 485 g/mol. The maximum absolute atomic E-state index is 13.2. The van der Waals surface area contributed by atoms with Crippen molar-refractivity contribution < 1.29 is 24.0 Å². The van der Waals surface area contributed by atoms with Crippen LogP contribution in [0.15, 0.2) is 66.7 Å². The molecule has 182 valence electrons. The Hall–Kier alpha value is -4.79. The van der Waals surface area contributed by atoms with Crippen LogP contribution in [-0.4, -0.2) is 35.5 Å². The number of rotatable bonds is 7. The normalized spacial score (nSPS) is 10.6. The largest absolute Gasteiger partial charge is 0.490 e. The van der Waals surface area contributed by atoms with Gasteiger partial charge in [0.2, 0.25) is 0 Å². The summed E-state index contributed by atoms with van der Waals surface area (Å²) in [5, 5.41) is 14.4. The Morgan fingerprint density at radius 3 is 2.42 bits per heavy atom. The SMILES string of the molecule is COc1cc(NC(=O)COC(=O)c2c(C)c(-c3ccccc3)nc3ccccc23)c(C)cc1[N+](=O)[O-]. The minimum Gasteiger partial charge on any atom is -0.490 e. The number of aromatic nitrogens is 1. The number of nitro groups is 1. The zero-order valence-electron chi connectivity index (χ0n) is 19.9. The van der Waals surface area contributed by atoms with Crippen LogP contribution in [0.3, 0.4) is 0 Å². The Morgan fingerprint density at radius 1 is 1.03 bits per heavy atom. The maximum Gasteiger partial charge on any atom is 0.339 e. The fourth-order valence-electron chi connectivity index (χ4n) is 3.95. The standard InChI is InChI=1S/C27H23N3O6/c1-16-13-22(30(33)34)23(35-3)14-21(16)28-24(31)15-36-27(32)25-17(2)26(18-9-5-4-6-10-18)29-20-12-8-7-11-19(20)25/h4-14H,15H2,1-3H3,(H,28,31). The number of ether oxygens (including phenoxy) is 2. The summed E-state index contributed by atoms with van der Waals surface area (Å²) in [6.45, 7) is 2.87. The molecule has 0 bridgehead atoms. The zero-order valence-corrected chi connectivity index (χ0v) is 19.9. The molecule has 0 atom stereocenters. The number of anilines is 1. The number of amides is 1. The smallest absolute Gasteiger partial charge is 0.339 e. The van der Waals surface area contributed by atoms with Crippen molar-refractivity contribution in [2.24, 2.45) is 0 Å². The van der Waals surface area contributed by atoms with E-state index in [9.17, 15) is 19.7 Å². The van der Waals surface area contributed by atoms with Gasteiger partial charge in [-0.05, 0) is 31.0 Å². The van der Waals surface area contributed by atoms with E-state index in [0.29, 0.717) is 39.0 Å². The molecule has 0 radical (unpaired) electrons. The number of fused-ring (bicyclic) bond motifs is 1. The van der Waals surface area contributed by atoms with Gasteiger partial charge in [0.15, 0.2) is 12.4 Å². The first-order chi connectivity index (χ1) is 17.3. The van der Waals surface area contributed by atoms with E-state index in [2.05, 4.69) is 5.32 Å². The molecular formula is C27H23N3O6. The Balaban J connectivity index is 1.58. The highest BCUT2D eigenvalue weighted by molar-refractivity contribution is 6.07. The Kier molecular flexibility index (Phi) is 6.91. The number of para-hydroxylation sites is 1. The summed E-state index contributed by atoms with van der Waals surface area (Å²) in [5.41, 5.74) is 3.68. The third-order valence-electron chi connectivity index (χ3n) is 5.72. The lowest BCUT2D eigenvalue weighted by atomic mass is 9.98. The van der Waals surface area contributed by atoms with Gasteiger partial charge < -0.3 is 14.8 Å². The molecule has 0 aliphatic carbocycles. The molecule has 36 heavy (non-hydrogen) atoms. The summed E-state index contributed by atoms with van der Waals surface area (Å²) in [5.74, 6) is -1.25. The van der Waals surface area contributed by atoms with Crippen molar-refractivity contribution in [2.45, 2.75) is 13.8 Å². The quantitative estimate of drug-likeness (QED) is 0.216. The molecule has 9 nitrogen and oxygen atoms in total. The third-order valence-corrected chi connectivity index (χ3v) is 5.72. The van der Waals surface area contributed by atoms with Crippen LogP contribution in [0, 0.1) is 24.0 Å². The number of methoxy groups -OCH3 is 1. The molecule has 1 amide bonds.